The predicted octanol–water partition coefficient (Wildman–Crippen LogP) is 2.53. The van der Waals surface area contributed by atoms with Gasteiger partial charge in [0.15, 0.2) is 18.4 Å². The number of thioether (sulfide) groups is 1. The van der Waals surface area contributed by atoms with Crippen LogP contribution in [0.2, 0.25) is 0 Å². The Morgan fingerprint density at radius 1 is 1.47 bits per heavy atom. The monoisotopic (exact) mass is 260 g/mol. The highest BCUT2D eigenvalue weighted by atomic mass is 32.2. The van der Waals surface area contributed by atoms with Crippen LogP contribution in [0.1, 0.15) is 6.92 Å². The molecule has 1 N–H and O–H groups in total. The Hall–Kier alpha value is -0.780. The van der Waals surface area contributed by atoms with E-state index in [1.165, 1.54) is 24.9 Å². The first-order chi connectivity index (χ1) is 8.19. The Labute approximate surface area is 105 Å². The van der Waals surface area contributed by atoms with Gasteiger partial charge in [0.2, 0.25) is 0 Å². The summed E-state index contributed by atoms with van der Waals surface area (Å²) >= 11 is 1.46. The molecule has 96 valence electrons. The zero-order valence-corrected chi connectivity index (χ0v) is 10.8. The van der Waals surface area contributed by atoms with Crippen LogP contribution in [0.5, 0.6) is 5.75 Å². The SMILES string of the molecule is COCOc1c(F)cccc1SC[C@@H](C)CO. The normalized spacial score (nSPS) is 12.5. The molecule has 0 spiro atoms. The minimum atomic E-state index is -0.399. The van der Waals surface area contributed by atoms with Crippen molar-refractivity contribution in [2.75, 3.05) is 26.3 Å². The van der Waals surface area contributed by atoms with Crippen molar-refractivity contribution >= 4 is 11.8 Å². The Morgan fingerprint density at radius 2 is 2.24 bits per heavy atom. The van der Waals surface area contributed by atoms with E-state index in [0.29, 0.717) is 5.75 Å². The maximum Gasteiger partial charge on any atom is 0.188 e. The molecule has 1 aromatic carbocycles. The molecule has 0 heterocycles. The van der Waals surface area contributed by atoms with Gasteiger partial charge in [-0.3, -0.25) is 0 Å². The number of para-hydroxylation sites is 1. The van der Waals surface area contributed by atoms with Crippen LogP contribution in [0, 0.1) is 11.7 Å². The third-order valence-electron chi connectivity index (χ3n) is 2.09. The quantitative estimate of drug-likeness (QED) is 0.604. The molecule has 3 nitrogen and oxygen atoms in total. The molecule has 0 aliphatic rings. The molecule has 5 heteroatoms. The molecular formula is C12H17FO3S. The number of aliphatic hydroxyl groups excluding tert-OH is 1. The molecule has 1 atom stereocenters. The molecule has 0 radical (unpaired) electrons. The maximum absolute atomic E-state index is 13.5. The average molecular weight is 260 g/mol. The van der Waals surface area contributed by atoms with E-state index in [2.05, 4.69) is 0 Å². The molecule has 0 saturated carbocycles. The van der Waals surface area contributed by atoms with Crippen LogP contribution in [-0.2, 0) is 4.74 Å². The van der Waals surface area contributed by atoms with Crippen LogP contribution in [0.15, 0.2) is 23.1 Å². The first kappa shape index (κ1) is 14.3. The van der Waals surface area contributed by atoms with E-state index in [1.54, 1.807) is 12.1 Å². The zero-order chi connectivity index (χ0) is 12.7. The first-order valence-corrected chi connectivity index (χ1v) is 6.31. The van der Waals surface area contributed by atoms with Crippen molar-refractivity contribution in [1.29, 1.82) is 0 Å². The Kier molecular flexibility index (Phi) is 6.32. The van der Waals surface area contributed by atoms with Crippen LogP contribution in [-0.4, -0.2) is 31.4 Å². The van der Waals surface area contributed by atoms with E-state index in [4.69, 9.17) is 14.6 Å². The van der Waals surface area contributed by atoms with E-state index >= 15 is 0 Å². The highest BCUT2D eigenvalue weighted by molar-refractivity contribution is 7.99. The van der Waals surface area contributed by atoms with E-state index in [1.807, 2.05) is 6.92 Å². The average Bonchev–Trinajstić information content (AvgIpc) is 2.34. The van der Waals surface area contributed by atoms with Crippen LogP contribution in [0.25, 0.3) is 0 Å². The molecular weight excluding hydrogens is 243 g/mol. The predicted molar refractivity (Wildman–Crippen MR) is 65.9 cm³/mol. The van der Waals surface area contributed by atoms with Gasteiger partial charge < -0.3 is 14.6 Å². The number of hydrogen-bond donors (Lipinski definition) is 1. The third-order valence-corrected chi connectivity index (χ3v) is 3.46. The lowest BCUT2D eigenvalue weighted by Gasteiger charge is -2.12. The van der Waals surface area contributed by atoms with Crippen LogP contribution in [0.3, 0.4) is 0 Å². The third kappa shape index (κ3) is 4.53. The molecule has 0 aliphatic heterocycles. The standard InChI is InChI=1S/C12H17FO3S/c1-9(6-14)7-17-11-5-3-4-10(13)12(11)16-8-15-2/h3-5,9,14H,6-8H2,1-2H3/t9-/m0/s1. The second-order valence-electron chi connectivity index (χ2n) is 3.72. The lowest BCUT2D eigenvalue weighted by molar-refractivity contribution is 0.0461. The number of hydrogen-bond acceptors (Lipinski definition) is 4. The summed E-state index contributed by atoms with van der Waals surface area (Å²) in [5.74, 6) is 0.690. The molecule has 0 unspecified atom stereocenters. The van der Waals surface area contributed by atoms with Crippen molar-refractivity contribution in [3.05, 3.63) is 24.0 Å². The summed E-state index contributed by atoms with van der Waals surface area (Å²) in [7, 11) is 1.49. The van der Waals surface area contributed by atoms with Gasteiger partial charge in [0, 0.05) is 19.5 Å². The van der Waals surface area contributed by atoms with Gasteiger partial charge in [-0.25, -0.2) is 4.39 Å². The fraction of sp³-hybridized carbons (Fsp3) is 0.500. The smallest absolute Gasteiger partial charge is 0.188 e. The van der Waals surface area contributed by atoms with Crippen molar-refractivity contribution in [1.82, 2.24) is 0 Å². The molecule has 1 aromatic rings. The summed E-state index contributed by atoms with van der Waals surface area (Å²) in [5, 5.41) is 8.94. The van der Waals surface area contributed by atoms with E-state index < -0.39 is 5.82 Å². The molecule has 0 bridgehead atoms. The Bertz CT molecular complexity index is 347. The molecule has 1 rings (SSSR count). The number of ether oxygens (including phenoxy) is 2. The number of benzene rings is 1. The second kappa shape index (κ2) is 7.53. The van der Waals surface area contributed by atoms with E-state index in [-0.39, 0.29) is 25.1 Å². The highest BCUT2D eigenvalue weighted by Crippen LogP contribution is 2.32. The summed E-state index contributed by atoms with van der Waals surface area (Å²) in [6.45, 7) is 2.07. The highest BCUT2D eigenvalue weighted by Gasteiger charge is 2.11. The van der Waals surface area contributed by atoms with Crippen molar-refractivity contribution in [3.8, 4) is 5.75 Å². The number of rotatable bonds is 7. The van der Waals surface area contributed by atoms with Crippen molar-refractivity contribution in [3.63, 3.8) is 0 Å². The van der Waals surface area contributed by atoms with Crippen LogP contribution >= 0.6 is 11.8 Å². The molecule has 0 fully saturated rings. The molecule has 17 heavy (non-hydrogen) atoms. The van der Waals surface area contributed by atoms with Gasteiger partial charge in [0.05, 0.1) is 4.90 Å². The lowest BCUT2D eigenvalue weighted by Crippen LogP contribution is -2.05. The number of aliphatic hydroxyl groups is 1. The molecule has 0 amide bonds. The molecule has 0 saturated heterocycles. The maximum atomic E-state index is 13.5. The van der Waals surface area contributed by atoms with E-state index in [0.717, 1.165) is 4.90 Å². The van der Waals surface area contributed by atoms with Crippen molar-refractivity contribution in [2.24, 2.45) is 5.92 Å². The van der Waals surface area contributed by atoms with Gasteiger partial charge in [0.25, 0.3) is 0 Å². The zero-order valence-electron chi connectivity index (χ0n) is 9.98. The van der Waals surface area contributed by atoms with E-state index in [9.17, 15) is 4.39 Å². The molecule has 0 aliphatic carbocycles. The Morgan fingerprint density at radius 3 is 2.88 bits per heavy atom. The summed E-state index contributed by atoms with van der Waals surface area (Å²) < 4.78 is 23.5. The second-order valence-corrected chi connectivity index (χ2v) is 4.78. The Balaban J connectivity index is 2.72. The summed E-state index contributed by atoms with van der Waals surface area (Å²) in [4.78, 5) is 0.724. The summed E-state index contributed by atoms with van der Waals surface area (Å²) in [5.41, 5.74) is 0. The molecule has 0 aromatic heterocycles. The van der Waals surface area contributed by atoms with Gasteiger partial charge in [-0.1, -0.05) is 13.0 Å². The summed E-state index contributed by atoms with van der Waals surface area (Å²) in [6.07, 6.45) is 0. The minimum absolute atomic E-state index is 0.0179. The van der Waals surface area contributed by atoms with Crippen molar-refractivity contribution in [2.45, 2.75) is 11.8 Å². The van der Waals surface area contributed by atoms with Crippen molar-refractivity contribution < 1.29 is 19.0 Å². The van der Waals surface area contributed by atoms with Crippen LogP contribution in [0.4, 0.5) is 4.39 Å². The first-order valence-electron chi connectivity index (χ1n) is 5.33. The van der Waals surface area contributed by atoms with Crippen LogP contribution < -0.4 is 4.74 Å². The van der Waals surface area contributed by atoms with Gasteiger partial charge in [0.1, 0.15) is 0 Å². The van der Waals surface area contributed by atoms with Gasteiger partial charge >= 0.3 is 0 Å². The topological polar surface area (TPSA) is 38.7 Å². The number of halogens is 1. The fourth-order valence-electron chi connectivity index (χ4n) is 1.15. The van der Waals surface area contributed by atoms with Gasteiger partial charge in [-0.05, 0) is 18.1 Å². The van der Waals surface area contributed by atoms with Gasteiger partial charge in [-0.2, -0.15) is 0 Å². The number of methoxy groups -OCH3 is 1. The van der Waals surface area contributed by atoms with Gasteiger partial charge in [-0.15, -0.1) is 11.8 Å². The largest absolute Gasteiger partial charge is 0.463 e. The lowest BCUT2D eigenvalue weighted by atomic mass is 10.2. The minimum Gasteiger partial charge on any atom is -0.463 e. The fourth-order valence-corrected chi connectivity index (χ4v) is 2.18. The summed E-state index contributed by atoms with van der Waals surface area (Å²) in [6, 6.07) is 4.79.